The molecule has 1 aromatic carbocycles. The van der Waals surface area contributed by atoms with Crippen molar-refractivity contribution >= 4 is 23.8 Å². The molecular formula is C26H35NO8. The number of unbranched alkanes of at least 4 members (excludes halogenated alkanes) is 1. The van der Waals surface area contributed by atoms with E-state index in [9.17, 15) is 19.2 Å². The van der Waals surface area contributed by atoms with Gasteiger partial charge in [0.2, 0.25) is 5.54 Å². The Morgan fingerprint density at radius 2 is 1.37 bits per heavy atom. The summed E-state index contributed by atoms with van der Waals surface area (Å²) in [5.74, 6) is 2.68. The number of carbonyl (C=O) groups excluding carboxylic acids is 4. The Morgan fingerprint density at radius 3 is 1.91 bits per heavy atom. The zero-order valence-electron chi connectivity index (χ0n) is 21.1. The van der Waals surface area contributed by atoms with Gasteiger partial charge in [-0.2, -0.15) is 0 Å². The van der Waals surface area contributed by atoms with Crippen LogP contribution in [0.2, 0.25) is 0 Å². The summed E-state index contributed by atoms with van der Waals surface area (Å²) in [6.45, 7) is 8.68. The third-order valence-electron chi connectivity index (χ3n) is 4.77. The van der Waals surface area contributed by atoms with Crippen LogP contribution in [0.3, 0.4) is 0 Å². The Labute approximate surface area is 206 Å². The van der Waals surface area contributed by atoms with Crippen LogP contribution in [0.5, 0.6) is 0 Å². The van der Waals surface area contributed by atoms with Crippen molar-refractivity contribution in [2.75, 3.05) is 26.4 Å². The normalized spacial score (nSPS) is 11.0. The molecular weight excluding hydrogens is 454 g/mol. The lowest BCUT2D eigenvalue weighted by atomic mass is 9.94. The molecule has 0 spiro atoms. The van der Waals surface area contributed by atoms with Gasteiger partial charge < -0.3 is 24.3 Å². The van der Waals surface area contributed by atoms with Gasteiger partial charge in [-0.05, 0) is 53.2 Å². The molecule has 0 unspecified atom stereocenters. The number of ether oxygens (including phenoxy) is 4. The zero-order valence-corrected chi connectivity index (χ0v) is 21.1. The van der Waals surface area contributed by atoms with E-state index in [1.54, 1.807) is 65.0 Å². The summed E-state index contributed by atoms with van der Waals surface area (Å²) in [6.07, 6.45) is 0.531. The second-order valence-electron chi connectivity index (χ2n) is 7.88. The minimum atomic E-state index is -2.12. The standard InChI is InChI=1S/C26H35NO8/c1-6-32-22(29)25(4,5)35-19-15-10-9-14-18-26(23(30)33-7-2,24(31)34-8-3)27-21(28)20-16-12-11-13-17-20/h11-13,16-17H,6-8,10,15,18-19H2,1-5H3,(H,27,28). The second-order valence-corrected chi connectivity index (χ2v) is 7.88. The Kier molecular flexibility index (Phi) is 12.5. The largest absolute Gasteiger partial charge is 0.464 e. The molecule has 0 bridgehead atoms. The maximum atomic E-state index is 12.9. The summed E-state index contributed by atoms with van der Waals surface area (Å²) in [5, 5.41) is 2.50. The van der Waals surface area contributed by atoms with E-state index in [2.05, 4.69) is 17.2 Å². The Balaban J connectivity index is 2.95. The second kappa shape index (κ2) is 14.8. The van der Waals surface area contributed by atoms with Crippen LogP contribution < -0.4 is 5.32 Å². The van der Waals surface area contributed by atoms with Gasteiger partial charge in [0.05, 0.1) is 26.2 Å². The van der Waals surface area contributed by atoms with Gasteiger partial charge in [0, 0.05) is 18.6 Å². The summed E-state index contributed by atoms with van der Waals surface area (Å²) in [5.41, 5.74) is -2.93. The summed E-state index contributed by atoms with van der Waals surface area (Å²) >= 11 is 0. The zero-order chi connectivity index (χ0) is 26.3. The van der Waals surface area contributed by atoms with E-state index in [-0.39, 0.29) is 38.4 Å². The smallest absolute Gasteiger partial charge is 0.344 e. The molecule has 0 fully saturated rings. The lowest BCUT2D eigenvalue weighted by molar-refractivity contribution is -0.168. The molecule has 0 saturated heterocycles. The van der Waals surface area contributed by atoms with Gasteiger partial charge in [-0.15, -0.1) is 5.92 Å². The van der Waals surface area contributed by atoms with Crippen molar-refractivity contribution in [3.63, 3.8) is 0 Å². The molecule has 0 aromatic heterocycles. The van der Waals surface area contributed by atoms with E-state index in [0.29, 0.717) is 12.8 Å². The van der Waals surface area contributed by atoms with E-state index < -0.39 is 35.0 Å². The predicted octanol–water partition coefficient (Wildman–Crippen LogP) is 2.81. The molecule has 1 rings (SSSR count). The lowest BCUT2D eigenvalue weighted by Gasteiger charge is -2.28. The molecule has 9 heteroatoms. The third kappa shape index (κ3) is 9.06. The number of amides is 1. The van der Waals surface area contributed by atoms with Gasteiger partial charge in [-0.3, -0.25) is 4.79 Å². The summed E-state index contributed by atoms with van der Waals surface area (Å²) < 4.78 is 20.8. The predicted molar refractivity (Wildman–Crippen MR) is 128 cm³/mol. The fourth-order valence-electron chi connectivity index (χ4n) is 2.87. The topological polar surface area (TPSA) is 117 Å². The molecule has 0 aliphatic carbocycles. The van der Waals surface area contributed by atoms with Gasteiger partial charge in [0.1, 0.15) is 0 Å². The average Bonchev–Trinajstić information content (AvgIpc) is 2.83. The van der Waals surface area contributed by atoms with Crippen molar-refractivity contribution in [1.82, 2.24) is 5.32 Å². The van der Waals surface area contributed by atoms with E-state index in [4.69, 9.17) is 18.9 Å². The molecule has 1 aromatic rings. The molecule has 1 N–H and O–H groups in total. The van der Waals surface area contributed by atoms with Crippen LogP contribution in [-0.2, 0) is 33.3 Å². The molecule has 1 amide bonds. The number of benzene rings is 1. The number of nitrogens with one attached hydrogen (secondary N) is 1. The average molecular weight is 490 g/mol. The Bertz CT molecular complexity index is 896. The Morgan fingerprint density at radius 1 is 0.829 bits per heavy atom. The molecule has 0 saturated carbocycles. The van der Waals surface area contributed by atoms with Gasteiger partial charge in [-0.25, -0.2) is 14.4 Å². The van der Waals surface area contributed by atoms with E-state index in [1.165, 1.54) is 0 Å². The first-order valence-corrected chi connectivity index (χ1v) is 11.6. The first-order valence-electron chi connectivity index (χ1n) is 11.6. The molecule has 0 aliphatic rings. The van der Waals surface area contributed by atoms with Crippen molar-refractivity contribution in [2.24, 2.45) is 0 Å². The van der Waals surface area contributed by atoms with Crippen LogP contribution in [0.15, 0.2) is 30.3 Å². The van der Waals surface area contributed by atoms with Gasteiger partial charge >= 0.3 is 17.9 Å². The molecule has 0 heterocycles. The van der Waals surface area contributed by atoms with Crippen LogP contribution in [0.25, 0.3) is 0 Å². The molecule has 0 aliphatic heterocycles. The van der Waals surface area contributed by atoms with Crippen molar-refractivity contribution in [3.8, 4) is 11.8 Å². The van der Waals surface area contributed by atoms with Crippen molar-refractivity contribution < 1.29 is 38.1 Å². The first-order chi connectivity index (χ1) is 16.6. The monoisotopic (exact) mass is 489 g/mol. The number of rotatable bonds is 13. The molecule has 9 nitrogen and oxygen atoms in total. The number of carbonyl (C=O) groups is 4. The van der Waals surface area contributed by atoms with Crippen molar-refractivity contribution in [2.45, 2.75) is 65.0 Å². The van der Waals surface area contributed by atoms with Crippen LogP contribution in [0, 0.1) is 11.8 Å². The maximum Gasteiger partial charge on any atom is 0.344 e. The van der Waals surface area contributed by atoms with Gasteiger partial charge in [0.15, 0.2) is 5.60 Å². The van der Waals surface area contributed by atoms with Crippen molar-refractivity contribution in [3.05, 3.63) is 35.9 Å². The highest BCUT2D eigenvalue weighted by molar-refractivity contribution is 6.10. The first kappa shape index (κ1) is 29.7. The minimum absolute atomic E-state index is 0.00220. The highest BCUT2D eigenvalue weighted by Gasteiger charge is 2.50. The highest BCUT2D eigenvalue weighted by atomic mass is 16.6. The van der Waals surface area contributed by atoms with Gasteiger partial charge in [0.25, 0.3) is 5.91 Å². The summed E-state index contributed by atoms with van der Waals surface area (Å²) in [7, 11) is 0. The van der Waals surface area contributed by atoms with Crippen LogP contribution in [0.4, 0.5) is 0 Å². The van der Waals surface area contributed by atoms with Crippen LogP contribution in [0.1, 0.15) is 64.2 Å². The van der Waals surface area contributed by atoms with Crippen LogP contribution in [-0.4, -0.2) is 61.4 Å². The SMILES string of the molecule is CCOC(=O)C(C)(C)OCCCC#CCC(NC(=O)c1ccccc1)(C(=O)OCC)C(=O)OCC. The number of esters is 3. The number of hydrogen-bond donors (Lipinski definition) is 1. The fourth-order valence-corrected chi connectivity index (χ4v) is 2.87. The van der Waals surface area contributed by atoms with E-state index in [0.717, 1.165) is 0 Å². The minimum Gasteiger partial charge on any atom is -0.464 e. The quantitative estimate of drug-likeness (QED) is 0.148. The lowest BCUT2D eigenvalue weighted by Crippen LogP contribution is -2.61. The van der Waals surface area contributed by atoms with E-state index in [1.807, 2.05) is 0 Å². The fraction of sp³-hybridized carbons (Fsp3) is 0.538. The highest BCUT2D eigenvalue weighted by Crippen LogP contribution is 2.18. The molecule has 35 heavy (non-hydrogen) atoms. The number of hydrogen-bond acceptors (Lipinski definition) is 8. The molecule has 192 valence electrons. The van der Waals surface area contributed by atoms with Crippen molar-refractivity contribution in [1.29, 1.82) is 0 Å². The third-order valence-corrected chi connectivity index (χ3v) is 4.77. The van der Waals surface area contributed by atoms with Gasteiger partial charge in [-0.1, -0.05) is 24.1 Å². The Hall–Kier alpha value is -3.38. The maximum absolute atomic E-state index is 12.9. The summed E-state index contributed by atoms with van der Waals surface area (Å²) in [4.78, 5) is 50.4. The van der Waals surface area contributed by atoms with E-state index >= 15 is 0 Å². The molecule has 0 atom stereocenters. The van der Waals surface area contributed by atoms with Crippen LogP contribution >= 0.6 is 0 Å². The molecule has 0 radical (unpaired) electrons. The summed E-state index contributed by atoms with van der Waals surface area (Å²) in [6, 6.07) is 8.18.